The Morgan fingerprint density at radius 1 is 0.712 bits per heavy atom. The van der Waals surface area contributed by atoms with Gasteiger partial charge in [0.15, 0.2) is 11.6 Å². The molecule has 0 aliphatic carbocycles. The van der Waals surface area contributed by atoms with E-state index < -0.39 is 0 Å². The van der Waals surface area contributed by atoms with Crippen LogP contribution in [-0.4, -0.2) is 37.5 Å². The number of fused-ring (bicyclic) bond motifs is 3. The molecule has 8 rings (SSSR count). The highest BCUT2D eigenvalue weighted by molar-refractivity contribution is 9.11. The molecule has 0 unspecified atom stereocenters. The fraction of sp³-hybridized carbons (Fsp3) is 0.171. The number of pyridine rings is 3. The highest BCUT2D eigenvalue weighted by atomic mass is 79.9. The largest absolute Gasteiger partial charge is 0.383 e. The third-order valence-electron chi connectivity index (χ3n) is 7.82. The van der Waals surface area contributed by atoms with Crippen molar-refractivity contribution in [3.05, 3.63) is 115 Å². The second-order valence-electron chi connectivity index (χ2n) is 11.2. The van der Waals surface area contributed by atoms with Crippen molar-refractivity contribution in [2.24, 2.45) is 4.36 Å². The van der Waals surface area contributed by atoms with Crippen molar-refractivity contribution in [1.82, 2.24) is 37.5 Å². The molecule has 1 aromatic carbocycles. The first-order valence-electron chi connectivity index (χ1n) is 16.1. The van der Waals surface area contributed by atoms with Gasteiger partial charge in [-0.15, -0.1) is 0 Å². The van der Waals surface area contributed by atoms with Crippen molar-refractivity contribution in [1.29, 1.82) is 0 Å². The van der Waals surface area contributed by atoms with Crippen LogP contribution in [0.5, 0.6) is 0 Å². The van der Waals surface area contributed by atoms with Crippen LogP contribution in [0.25, 0.3) is 28.3 Å². The summed E-state index contributed by atoms with van der Waals surface area (Å²) in [6.07, 6.45) is 8.37. The van der Waals surface area contributed by atoms with Gasteiger partial charge in [0.1, 0.15) is 28.6 Å². The highest BCUT2D eigenvalue weighted by Crippen LogP contribution is 2.29. The lowest BCUT2D eigenvalue weighted by Gasteiger charge is -2.04. The number of hydrogen-bond donors (Lipinski definition) is 2. The minimum atomic E-state index is 0.678. The fourth-order valence-corrected chi connectivity index (χ4v) is 7.19. The minimum Gasteiger partial charge on any atom is -0.383 e. The molecule has 17 heteroatoms. The molecule has 0 fully saturated rings. The summed E-state index contributed by atoms with van der Waals surface area (Å²) in [6, 6.07) is 19.3. The maximum Gasteiger partial charge on any atom is 0.208 e. The van der Waals surface area contributed by atoms with Gasteiger partial charge in [0.2, 0.25) is 5.13 Å². The summed E-state index contributed by atoms with van der Waals surface area (Å²) in [7, 11) is 0. The van der Waals surface area contributed by atoms with Gasteiger partial charge >= 0.3 is 0 Å². The van der Waals surface area contributed by atoms with Crippen LogP contribution in [0.15, 0.2) is 97.0 Å². The van der Waals surface area contributed by atoms with Crippen LogP contribution < -0.4 is 11.1 Å². The predicted molar refractivity (Wildman–Crippen MR) is 224 cm³/mol. The number of benzene rings is 1. The average molecular weight is 945 g/mol. The van der Waals surface area contributed by atoms with E-state index in [2.05, 4.69) is 88.7 Å². The Bertz CT molecular complexity index is 2510. The number of aryl methyl sites for hydroxylation is 3. The van der Waals surface area contributed by atoms with Crippen molar-refractivity contribution in [2.75, 3.05) is 11.1 Å². The van der Waals surface area contributed by atoms with Gasteiger partial charge in [-0.2, -0.15) is 13.7 Å². The first kappa shape index (κ1) is 37.9. The number of nitrogens with one attached hydrogen (secondary N) is 1. The highest BCUT2D eigenvalue weighted by Gasteiger charge is 2.15. The number of rotatable bonds is 7. The van der Waals surface area contributed by atoms with E-state index in [4.69, 9.17) is 29.8 Å². The summed E-state index contributed by atoms with van der Waals surface area (Å²) < 4.78 is 17.1. The molecule has 8 aromatic rings. The maximum atomic E-state index is 5.94. The molecular formula is C35H31Br3ClN11S2. The van der Waals surface area contributed by atoms with Gasteiger partial charge in [0, 0.05) is 66.6 Å². The van der Waals surface area contributed by atoms with E-state index in [-0.39, 0.29) is 0 Å². The summed E-state index contributed by atoms with van der Waals surface area (Å²) >= 11 is 22.3. The zero-order valence-corrected chi connectivity index (χ0v) is 35.2. The summed E-state index contributed by atoms with van der Waals surface area (Å²) in [5.74, 6) is 3.09. The molecule has 52 heavy (non-hydrogen) atoms. The van der Waals surface area contributed by atoms with E-state index >= 15 is 0 Å². The zero-order valence-electron chi connectivity index (χ0n) is 28.1. The second-order valence-corrected chi connectivity index (χ2v) is 15.3. The van der Waals surface area contributed by atoms with Crippen LogP contribution in [-0.2, 0) is 31.7 Å². The van der Waals surface area contributed by atoms with Crippen LogP contribution in [0, 0.1) is 0 Å². The maximum absolute atomic E-state index is 5.94. The van der Waals surface area contributed by atoms with E-state index in [0.29, 0.717) is 10.8 Å². The van der Waals surface area contributed by atoms with Gasteiger partial charge in [-0.1, -0.05) is 32.4 Å². The first-order chi connectivity index (χ1) is 25.1. The smallest absolute Gasteiger partial charge is 0.208 e. The SMILES string of the molecule is CCc1nc2ccc(Br)cn2c1N.CCc1nc2ccc(Br)cn2c1N=S.CCc1nc2ccc(Br)cn2c1Nc1nc(-c2ccc(Cl)cc2)ns1. The number of nitrogen functional groups attached to an aromatic ring is 1. The van der Waals surface area contributed by atoms with E-state index in [1.54, 1.807) is 0 Å². The number of hydrogen-bond acceptors (Lipinski definition) is 10. The monoisotopic (exact) mass is 941 g/mol. The Morgan fingerprint density at radius 2 is 1.23 bits per heavy atom. The lowest BCUT2D eigenvalue weighted by molar-refractivity contribution is 1.06. The van der Waals surface area contributed by atoms with Crippen LogP contribution in [0.3, 0.4) is 0 Å². The molecule has 0 amide bonds. The number of nitrogens with two attached hydrogens (primary N) is 1. The van der Waals surface area contributed by atoms with Gasteiger partial charge in [-0.3, -0.25) is 13.2 Å². The number of halogens is 4. The van der Waals surface area contributed by atoms with Crippen LogP contribution in [0.2, 0.25) is 5.02 Å². The summed E-state index contributed by atoms with van der Waals surface area (Å²) in [5.41, 5.74) is 12.4. The van der Waals surface area contributed by atoms with Crippen LogP contribution >= 0.6 is 70.9 Å². The van der Waals surface area contributed by atoms with Gasteiger partial charge < -0.3 is 11.1 Å². The van der Waals surface area contributed by atoms with Gasteiger partial charge in [0.05, 0.1) is 17.1 Å². The number of nitrogens with zero attached hydrogens (tertiary/aromatic N) is 9. The average Bonchev–Trinajstić information content (AvgIpc) is 3.92. The molecule has 0 radical (unpaired) electrons. The van der Waals surface area contributed by atoms with E-state index in [1.807, 2.05) is 106 Å². The van der Waals surface area contributed by atoms with Gasteiger partial charge in [-0.25, -0.2) is 15.0 Å². The molecule has 0 aliphatic rings. The molecular weight excluding hydrogens is 914 g/mol. The van der Waals surface area contributed by atoms with Crippen molar-refractivity contribution in [2.45, 2.75) is 40.0 Å². The molecule has 7 heterocycles. The normalized spacial score (nSPS) is 11.0. The fourth-order valence-electron chi connectivity index (χ4n) is 5.27. The van der Waals surface area contributed by atoms with Crippen molar-refractivity contribution >= 4 is 123 Å². The number of aromatic nitrogens is 8. The Labute approximate surface area is 339 Å². The Hall–Kier alpha value is -3.80. The van der Waals surface area contributed by atoms with E-state index in [0.717, 1.165) is 94.9 Å². The molecule has 0 saturated carbocycles. The Balaban J connectivity index is 0.000000146. The summed E-state index contributed by atoms with van der Waals surface area (Å²) in [5, 5.41) is 4.79. The van der Waals surface area contributed by atoms with Crippen molar-refractivity contribution in [3.63, 3.8) is 0 Å². The lowest BCUT2D eigenvalue weighted by atomic mass is 10.2. The quantitative estimate of drug-likeness (QED) is 0.162. The Morgan fingerprint density at radius 3 is 1.83 bits per heavy atom. The molecule has 0 bridgehead atoms. The minimum absolute atomic E-state index is 0.678. The zero-order chi connectivity index (χ0) is 36.9. The third-order valence-corrected chi connectivity index (χ3v) is 10.3. The Kier molecular flexibility index (Phi) is 12.3. The van der Waals surface area contributed by atoms with Crippen molar-refractivity contribution < 1.29 is 0 Å². The molecule has 7 aromatic heterocycles. The topological polar surface area (TPSA) is 128 Å². The first-order valence-corrected chi connectivity index (χ1v) is 20.0. The number of imidazole rings is 3. The van der Waals surface area contributed by atoms with E-state index in [9.17, 15) is 0 Å². The molecule has 0 saturated heterocycles. The lowest BCUT2D eigenvalue weighted by Crippen LogP contribution is -1.98. The van der Waals surface area contributed by atoms with E-state index in [1.165, 1.54) is 11.5 Å². The molecule has 0 spiro atoms. The molecule has 0 aliphatic heterocycles. The predicted octanol–water partition coefficient (Wildman–Crippen LogP) is 10.8. The molecule has 0 atom stereocenters. The molecule has 266 valence electrons. The van der Waals surface area contributed by atoms with Gasteiger partial charge in [0.25, 0.3) is 0 Å². The molecule has 3 N–H and O–H groups in total. The molecule has 11 nitrogen and oxygen atoms in total. The number of anilines is 3. The summed E-state index contributed by atoms with van der Waals surface area (Å²) in [6.45, 7) is 6.18. The van der Waals surface area contributed by atoms with Gasteiger partial charge in [-0.05, 0) is 128 Å². The third kappa shape index (κ3) is 8.37. The standard InChI is InChI=1S/C17H13BrClN5S.C9H8BrN3S.C9H10BrN3/c1-2-13-16(24-9-11(18)5-8-14(24)20-13)22-17-21-15(23-25-17)10-3-6-12(19)7-4-10;1-2-7-9(12-14)13-5-6(10)3-4-8(13)11-7;1-2-7-9(11)13-5-6(10)3-4-8(13)12-7/h3-9H,2H2,1H3,(H,21,22,23);3-5H,2H2,1H3;3-5H,2,11H2,1H3. The second kappa shape index (κ2) is 16.9. The summed E-state index contributed by atoms with van der Waals surface area (Å²) in [4.78, 5) is 18.1. The van der Waals surface area contributed by atoms with Crippen LogP contribution in [0.1, 0.15) is 37.9 Å². The van der Waals surface area contributed by atoms with Crippen LogP contribution in [0.4, 0.5) is 22.6 Å². The van der Waals surface area contributed by atoms with Crippen molar-refractivity contribution in [3.8, 4) is 11.4 Å².